The van der Waals surface area contributed by atoms with Crippen molar-refractivity contribution in [2.75, 3.05) is 38.5 Å². The van der Waals surface area contributed by atoms with Gasteiger partial charge in [0.15, 0.2) is 0 Å². The fourth-order valence-electron chi connectivity index (χ4n) is 4.13. The Balaban J connectivity index is 1.47. The number of oxime groups is 1. The van der Waals surface area contributed by atoms with Crippen LogP contribution in [0.3, 0.4) is 0 Å². The Bertz CT molecular complexity index is 1220. The Morgan fingerprint density at radius 1 is 1.30 bits per heavy atom. The number of amides is 3. The van der Waals surface area contributed by atoms with Gasteiger partial charge in [0.05, 0.1) is 6.61 Å². The number of aromatic nitrogens is 2. The van der Waals surface area contributed by atoms with E-state index in [1.54, 1.807) is 11.0 Å². The number of rotatable bonds is 10. The van der Waals surface area contributed by atoms with E-state index in [1.807, 2.05) is 0 Å². The van der Waals surface area contributed by atoms with E-state index in [0.29, 0.717) is 47.5 Å². The SMILES string of the molecule is O=C(O)C1=C(C=C2CCN(CCNCCO)C2=O)CS[C@@H]2[C@H](NC(=O)/C(=N\O)c3nsc([AsH2])n3)C(=O)N12. The van der Waals surface area contributed by atoms with Crippen molar-refractivity contribution in [2.24, 2.45) is 5.16 Å². The van der Waals surface area contributed by atoms with Crippen LogP contribution in [-0.4, -0.2) is 131 Å². The molecule has 3 aliphatic heterocycles. The van der Waals surface area contributed by atoms with Crippen LogP contribution in [0.2, 0.25) is 0 Å². The van der Waals surface area contributed by atoms with Gasteiger partial charge in [0, 0.05) is 31.8 Å². The molecule has 2 saturated heterocycles. The zero-order valence-corrected chi connectivity index (χ0v) is 23.3. The Morgan fingerprint density at radius 3 is 2.73 bits per heavy atom. The molecule has 0 radical (unpaired) electrons. The van der Waals surface area contributed by atoms with Crippen LogP contribution in [-0.2, 0) is 19.2 Å². The molecule has 0 aromatic carbocycles. The second kappa shape index (κ2) is 11.7. The van der Waals surface area contributed by atoms with Gasteiger partial charge in [-0.25, -0.2) is 0 Å². The molecule has 1 aromatic heterocycles. The van der Waals surface area contributed by atoms with Crippen molar-refractivity contribution in [1.82, 2.24) is 29.8 Å². The molecule has 1 unspecified atom stereocenters. The number of thioether (sulfide) groups is 1. The number of carboxylic acid groups (broad SMARTS) is 1. The average molecular weight is 614 g/mol. The summed E-state index contributed by atoms with van der Waals surface area (Å²) in [7, 11) is 0. The number of carboxylic acids is 1. The Hall–Kier alpha value is -2.78. The summed E-state index contributed by atoms with van der Waals surface area (Å²) in [5.41, 5.74) is 0.140. The van der Waals surface area contributed by atoms with Crippen molar-refractivity contribution in [3.63, 3.8) is 0 Å². The number of likely N-dealkylation sites (tertiary alicyclic amines) is 1. The van der Waals surface area contributed by atoms with Gasteiger partial charge in [0.1, 0.15) is 0 Å². The van der Waals surface area contributed by atoms with Gasteiger partial charge in [-0.3, -0.25) is 4.79 Å². The minimum atomic E-state index is -1.31. The van der Waals surface area contributed by atoms with Gasteiger partial charge in [0.25, 0.3) is 0 Å². The number of hydrogen-bond acceptors (Lipinski definition) is 12. The van der Waals surface area contributed by atoms with Gasteiger partial charge in [-0.05, 0) is 6.42 Å². The number of carbonyl (C=O) groups excluding carboxylic acids is 3. The van der Waals surface area contributed by atoms with E-state index in [9.17, 15) is 29.5 Å². The van der Waals surface area contributed by atoms with E-state index < -0.39 is 34.9 Å². The molecule has 0 spiro atoms. The van der Waals surface area contributed by atoms with Gasteiger partial charge in [-0.1, -0.05) is 0 Å². The van der Waals surface area contributed by atoms with Crippen LogP contribution in [0.1, 0.15) is 12.2 Å². The zero-order valence-electron chi connectivity index (χ0n) is 19.3. The molecule has 0 bridgehead atoms. The number of hydrogen-bond donors (Lipinski definition) is 5. The van der Waals surface area contributed by atoms with Gasteiger partial charge in [-0.15, -0.1) is 0 Å². The number of aliphatic carboxylic acids is 1. The van der Waals surface area contributed by atoms with Crippen LogP contribution in [0.4, 0.5) is 0 Å². The number of nitrogens with one attached hydrogen (secondary N) is 2. The molecule has 1 aromatic rings. The molecule has 14 nitrogen and oxygen atoms in total. The van der Waals surface area contributed by atoms with Crippen LogP contribution in [0.5, 0.6) is 0 Å². The van der Waals surface area contributed by atoms with Gasteiger partial charge in [-0.2, -0.15) is 0 Å². The summed E-state index contributed by atoms with van der Waals surface area (Å²) < 4.78 is 4.56. The number of aliphatic hydroxyl groups is 1. The van der Waals surface area contributed by atoms with Crippen LogP contribution >= 0.6 is 23.3 Å². The first kappa shape index (κ1) is 27.3. The maximum absolute atomic E-state index is 12.9. The molecule has 37 heavy (non-hydrogen) atoms. The normalized spacial score (nSPS) is 23.0. The van der Waals surface area contributed by atoms with Crippen molar-refractivity contribution in [3.05, 3.63) is 28.7 Å². The monoisotopic (exact) mass is 613 g/mol. The number of nitrogens with zero attached hydrogens (tertiary/aromatic N) is 5. The van der Waals surface area contributed by atoms with Crippen molar-refractivity contribution in [3.8, 4) is 0 Å². The molecule has 5 N–H and O–H groups in total. The first-order valence-corrected chi connectivity index (χ1v) is 14.1. The number of β-lactam (4-membered cyclic amide) rings is 1. The predicted octanol–water partition coefficient (Wildman–Crippen LogP) is -3.55. The molecule has 3 aliphatic rings. The number of allylic oxidation sites excluding steroid dienone is 1. The second-order valence-corrected chi connectivity index (χ2v) is 12.0. The summed E-state index contributed by atoms with van der Waals surface area (Å²) in [6, 6.07) is -1.03. The zero-order chi connectivity index (χ0) is 26.7. The van der Waals surface area contributed by atoms with E-state index >= 15 is 0 Å². The van der Waals surface area contributed by atoms with E-state index in [-0.39, 0.29) is 29.8 Å². The van der Waals surface area contributed by atoms with E-state index in [0.717, 1.165) is 16.4 Å². The summed E-state index contributed by atoms with van der Waals surface area (Å²) in [5.74, 6) is -2.84. The molecule has 198 valence electrons. The Morgan fingerprint density at radius 2 is 2.08 bits per heavy atom. The van der Waals surface area contributed by atoms with E-state index in [1.165, 1.54) is 28.6 Å². The van der Waals surface area contributed by atoms with Crippen molar-refractivity contribution >= 4 is 73.3 Å². The number of carbonyl (C=O) groups is 4. The van der Waals surface area contributed by atoms with Crippen LogP contribution < -0.4 is 14.4 Å². The Labute approximate surface area is 227 Å². The minimum absolute atomic E-state index is 0.00307. The van der Waals surface area contributed by atoms with Gasteiger partial charge < -0.3 is 15.3 Å². The summed E-state index contributed by atoms with van der Waals surface area (Å²) in [6.45, 7) is 1.91. The number of aliphatic hydroxyl groups excluding tert-OH is 1. The fourth-order valence-corrected chi connectivity index (χ4v) is 6.46. The molecule has 17 heteroatoms. The van der Waals surface area contributed by atoms with Crippen molar-refractivity contribution < 1.29 is 34.6 Å². The molecule has 4 heterocycles. The van der Waals surface area contributed by atoms with Crippen molar-refractivity contribution in [1.29, 1.82) is 0 Å². The van der Waals surface area contributed by atoms with Crippen molar-refractivity contribution in [2.45, 2.75) is 17.8 Å². The summed E-state index contributed by atoms with van der Waals surface area (Å²) in [4.78, 5) is 57.2. The van der Waals surface area contributed by atoms with Crippen LogP contribution in [0, 0.1) is 0 Å². The van der Waals surface area contributed by atoms with Gasteiger partial charge >= 0.3 is 157 Å². The molecular weight excluding hydrogens is 589 g/mol. The third-order valence-corrected chi connectivity index (χ3v) is 8.64. The molecule has 0 aliphatic carbocycles. The second-order valence-electron chi connectivity index (χ2n) is 8.13. The predicted molar refractivity (Wildman–Crippen MR) is 135 cm³/mol. The quantitative estimate of drug-likeness (QED) is 0.0333. The summed E-state index contributed by atoms with van der Waals surface area (Å²) in [5, 5.41) is 35.8. The molecule has 4 rings (SSSR count). The number of fused-ring (bicyclic) bond motifs is 1. The average Bonchev–Trinajstić information content (AvgIpc) is 3.45. The molecule has 0 saturated carbocycles. The van der Waals surface area contributed by atoms with Crippen LogP contribution in [0.15, 0.2) is 28.1 Å². The summed E-state index contributed by atoms with van der Waals surface area (Å²) in [6.07, 6.45) is 1.99. The third-order valence-electron chi connectivity index (χ3n) is 5.86. The first-order chi connectivity index (χ1) is 17.8. The molecular formula is C20H24AsN7O7S2. The molecule has 3 atom stereocenters. The Kier molecular flexibility index (Phi) is 8.64. The molecule has 2 fully saturated rings. The standard InChI is InChI=1S/C20H24AsN7O7S2/c21-20-24-14(26-37-20)11(25-35)15(30)23-12-17(32)28-13(19(33)34)10(8-36-18(12)28)7-9-1-4-27(16(9)31)5-2-22-3-6-29/h7,12,18,22,29,35H,1-6,8,21H2,(H,23,30)(H,33,34)/b9-7?,25-11-/t12-,18-/m1/s1. The van der Waals surface area contributed by atoms with Crippen LogP contribution in [0.25, 0.3) is 0 Å². The maximum atomic E-state index is 12.9. The first-order valence-electron chi connectivity index (χ1n) is 11.1. The summed E-state index contributed by atoms with van der Waals surface area (Å²) >= 11 is 3.49. The topological polar surface area (TPSA) is 198 Å². The third kappa shape index (κ3) is 5.57. The fraction of sp³-hybridized carbons (Fsp3) is 0.450. The molecule has 3 amide bonds. The van der Waals surface area contributed by atoms with Gasteiger partial charge in [0.2, 0.25) is 5.91 Å². The van der Waals surface area contributed by atoms with E-state index in [2.05, 4.69) is 25.1 Å². The van der Waals surface area contributed by atoms with E-state index in [4.69, 9.17) is 5.11 Å².